The van der Waals surface area contributed by atoms with Gasteiger partial charge in [-0.05, 0) is 31.2 Å². The van der Waals surface area contributed by atoms with Gasteiger partial charge in [0.2, 0.25) is 17.7 Å². The zero-order valence-corrected chi connectivity index (χ0v) is 15.3. The molecule has 2 atom stereocenters. The van der Waals surface area contributed by atoms with E-state index >= 15 is 0 Å². The summed E-state index contributed by atoms with van der Waals surface area (Å²) in [7, 11) is 3.12. The summed E-state index contributed by atoms with van der Waals surface area (Å²) in [4.78, 5) is 38.1. The van der Waals surface area contributed by atoms with Crippen molar-refractivity contribution in [3.63, 3.8) is 0 Å². The highest BCUT2D eigenvalue weighted by Gasteiger charge is 2.36. The minimum atomic E-state index is -0.676. The van der Waals surface area contributed by atoms with Crippen LogP contribution in [0.15, 0.2) is 24.3 Å². The van der Waals surface area contributed by atoms with Crippen LogP contribution >= 0.6 is 0 Å². The molecule has 142 valence electrons. The minimum absolute atomic E-state index is 0.118. The van der Waals surface area contributed by atoms with Crippen LogP contribution in [0.3, 0.4) is 0 Å². The Labute approximate surface area is 152 Å². The Hall–Kier alpha value is -2.61. The van der Waals surface area contributed by atoms with E-state index in [1.807, 2.05) is 0 Å². The van der Waals surface area contributed by atoms with Crippen LogP contribution in [0.1, 0.15) is 13.3 Å². The third kappa shape index (κ3) is 4.95. The van der Waals surface area contributed by atoms with E-state index in [-0.39, 0.29) is 30.7 Å². The lowest BCUT2D eigenvalue weighted by Crippen LogP contribution is -2.47. The van der Waals surface area contributed by atoms with Crippen LogP contribution in [-0.4, -0.2) is 57.7 Å². The van der Waals surface area contributed by atoms with E-state index in [4.69, 9.17) is 9.47 Å². The molecule has 2 rings (SSSR count). The summed E-state index contributed by atoms with van der Waals surface area (Å²) in [6, 6.07) is 6.42. The first-order valence-electron chi connectivity index (χ1n) is 8.47. The van der Waals surface area contributed by atoms with E-state index in [0.717, 1.165) is 5.69 Å². The Morgan fingerprint density at radius 3 is 2.58 bits per heavy atom. The molecule has 1 saturated heterocycles. The Balaban J connectivity index is 1.90. The number of benzene rings is 1. The lowest BCUT2D eigenvalue weighted by Gasteiger charge is -2.18. The van der Waals surface area contributed by atoms with Crippen LogP contribution in [0.5, 0.6) is 5.75 Å². The average Bonchev–Trinajstić information content (AvgIpc) is 3.03. The van der Waals surface area contributed by atoms with E-state index in [1.165, 1.54) is 0 Å². The smallest absolute Gasteiger partial charge is 0.242 e. The molecule has 1 unspecified atom stereocenters. The molecule has 3 amide bonds. The van der Waals surface area contributed by atoms with Gasteiger partial charge in [-0.3, -0.25) is 14.4 Å². The second-order valence-electron chi connectivity index (χ2n) is 6.12. The number of carbonyl (C=O) groups excluding carboxylic acids is 3. The quantitative estimate of drug-likeness (QED) is 0.648. The number of hydrogen-bond donors (Lipinski definition) is 2. The molecule has 26 heavy (non-hydrogen) atoms. The van der Waals surface area contributed by atoms with Crippen molar-refractivity contribution in [2.45, 2.75) is 19.4 Å². The number of rotatable bonds is 8. The van der Waals surface area contributed by atoms with Gasteiger partial charge in [0, 0.05) is 32.3 Å². The molecular formula is C18H25N3O5. The number of ether oxygens (including phenoxy) is 2. The number of carbonyl (C=O) groups is 3. The highest BCUT2D eigenvalue weighted by molar-refractivity contribution is 6.01. The lowest BCUT2D eigenvalue weighted by molar-refractivity contribution is -0.131. The van der Waals surface area contributed by atoms with Crippen molar-refractivity contribution in [1.29, 1.82) is 0 Å². The third-order valence-corrected chi connectivity index (χ3v) is 4.24. The van der Waals surface area contributed by atoms with Crippen molar-refractivity contribution in [3.05, 3.63) is 24.3 Å². The largest absolute Gasteiger partial charge is 0.497 e. The van der Waals surface area contributed by atoms with Gasteiger partial charge in [0.25, 0.3) is 0 Å². The molecule has 0 spiro atoms. The molecule has 1 aromatic carbocycles. The first-order valence-corrected chi connectivity index (χ1v) is 8.47. The standard InChI is InChI=1S/C18H25N3O5/c1-12(17(23)19-8-9-25-2)20-18(24)13-10-16(22)21(11-13)14-4-6-15(26-3)7-5-14/h4-7,12-13H,8-11H2,1-3H3,(H,19,23)(H,20,24)/t12-,13?/m1/s1. The maximum atomic E-state index is 12.4. The van der Waals surface area contributed by atoms with Gasteiger partial charge in [0.15, 0.2) is 0 Å². The van der Waals surface area contributed by atoms with Crippen LogP contribution in [0.4, 0.5) is 5.69 Å². The third-order valence-electron chi connectivity index (χ3n) is 4.24. The van der Waals surface area contributed by atoms with Gasteiger partial charge in [-0.25, -0.2) is 0 Å². The highest BCUT2D eigenvalue weighted by Crippen LogP contribution is 2.26. The van der Waals surface area contributed by atoms with Crippen LogP contribution in [0.2, 0.25) is 0 Å². The number of nitrogens with zero attached hydrogens (tertiary/aromatic N) is 1. The van der Waals surface area contributed by atoms with Crippen molar-refractivity contribution in [2.75, 3.05) is 38.8 Å². The van der Waals surface area contributed by atoms with Gasteiger partial charge in [-0.15, -0.1) is 0 Å². The Morgan fingerprint density at radius 2 is 1.96 bits per heavy atom. The maximum Gasteiger partial charge on any atom is 0.242 e. The minimum Gasteiger partial charge on any atom is -0.497 e. The maximum absolute atomic E-state index is 12.4. The summed E-state index contributed by atoms with van der Waals surface area (Å²) in [5, 5.41) is 5.33. The zero-order valence-electron chi connectivity index (χ0n) is 15.3. The molecule has 0 aromatic heterocycles. The van der Waals surface area contributed by atoms with Gasteiger partial charge in [0.05, 0.1) is 19.6 Å². The van der Waals surface area contributed by atoms with E-state index in [2.05, 4.69) is 10.6 Å². The molecule has 8 heteroatoms. The second kappa shape index (κ2) is 9.19. The number of hydrogen-bond acceptors (Lipinski definition) is 5. The van der Waals surface area contributed by atoms with Crippen LogP contribution in [0, 0.1) is 5.92 Å². The van der Waals surface area contributed by atoms with Crippen LogP contribution in [0.25, 0.3) is 0 Å². The molecule has 1 fully saturated rings. The van der Waals surface area contributed by atoms with Crippen LogP contribution in [-0.2, 0) is 19.1 Å². The summed E-state index contributed by atoms with van der Waals surface area (Å²) in [6.45, 7) is 2.68. The van der Waals surface area contributed by atoms with Gasteiger partial charge in [0.1, 0.15) is 11.8 Å². The highest BCUT2D eigenvalue weighted by atomic mass is 16.5. The molecule has 1 aliphatic rings. The number of amides is 3. The predicted octanol–water partition coefficient (Wildman–Crippen LogP) is 0.315. The topological polar surface area (TPSA) is 97.0 Å². The molecule has 1 heterocycles. The fraction of sp³-hybridized carbons (Fsp3) is 0.500. The van der Waals surface area contributed by atoms with Crippen LogP contribution < -0.4 is 20.3 Å². The molecule has 0 radical (unpaired) electrons. The number of anilines is 1. The molecule has 0 bridgehead atoms. The summed E-state index contributed by atoms with van der Waals surface area (Å²) in [6.07, 6.45) is 0.121. The van der Waals surface area contributed by atoms with Gasteiger partial charge >= 0.3 is 0 Å². The molecule has 0 aliphatic carbocycles. The summed E-state index contributed by atoms with van der Waals surface area (Å²) in [5.74, 6) is -0.496. The molecule has 0 saturated carbocycles. The fourth-order valence-electron chi connectivity index (χ4n) is 2.72. The first-order chi connectivity index (χ1) is 12.5. The predicted molar refractivity (Wildman–Crippen MR) is 95.9 cm³/mol. The molecular weight excluding hydrogens is 338 g/mol. The first kappa shape index (κ1) is 19.7. The normalized spacial score (nSPS) is 17.7. The number of methoxy groups -OCH3 is 2. The summed E-state index contributed by atoms with van der Waals surface area (Å²) >= 11 is 0. The van der Waals surface area contributed by atoms with Crippen molar-refractivity contribution in [2.24, 2.45) is 5.92 Å². The molecule has 2 N–H and O–H groups in total. The molecule has 1 aromatic rings. The SMILES string of the molecule is COCCNC(=O)[C@@H](C)NC(=O)C1CC(=O)N(c2ccc(OC)cc2)C1. The van der Waals surface area contributed by atoms with E-state index in [1.54, 1.807) is 50.3 Å². The van der Waals surface area contributed by atoms with Gasteiger partial charge < -0.3 is 25.0 Å². The van der Waals surface area contributed by atoms with Crippen molar-refractivity contribution < 1.29 is 23.9 Å². The summed E-state index contributed by atoms with van der Waals surface area (Å²) in [5.41, 5.74) is 0.719. The van der Waals surface area contributed by atoms with Gasteiger partial charge in [-0.2, -0.15) is 0 Å². The van der Waals surface area contributed by atoms with E-state index in [9.17, 15) is 14.4 Å². The fourth-order valence-corrected chi connectivity index (χ4v) is 2.72. The van der Waals surface area contributed by atoms with Gasteiger partial charge in [-0.1, -0.05) is 0 Å². The molecule has 1 aliphatic heterocycles. The Kier molecular flexibility index (Phi) is 6.97. The Bertz CT molecular complexity index is 647. The van der Waals surface area contributed by atoms with E-state index < -0.39 is 12.0 Å². The monoisotopic (exact) mass is 363 g/mol. The van der Waals surface area contributed by atoms with Crippen molar-refractivity contribution >= 4 is 23.4 Å². The molecule has 8 nitrogen and oxygen atoms in total. The summed E-state index contributed by atoms with van der Waals surface area (Å²) < 4.78 is 9.97. The zero-order chi connectivity index (χ0) is 19.1. The number of nitrogens with one attached hydrogen (secondary N) is 2. The van der Waals surface area contributed by atoms with Crippen molar-refractivity contribution in [1.82, 2.24) is 10.6 Å². The van der Waals surface area contributed by atoms with E-state index in [0.29, 0.717) is 18.9 Å². The average molecular weight is 363 g/mol. The van der Waals surface area contributed by atoms with Crippen molar-refractivity contribution in [3.8, 4) is 5.75 Å². The Morgan fingerprint density at radius 1 is 1.27 bits per heavy atom. The second-order valence-corrected chi connectivity index (χ2v) is 6.12. The lowest BCUT2D eigenvalue weighted by atomic mass is 10.1.